The maximum absolute atomic E-state index is 12.6. The Bertz CT molecular complexity index is 774. The lowest BCUT2D eigenvalue weighted by Gasteiger charge is -2.35. The summed E-state index contributed by atoms with van der Waals surface area (Å²) in [5.74, 6) is 0.0866. The van der Waals surface area contributed by atoms with Gasteiger partial charge in [0.2, 0.25) is 5.91 Å². The van der Waals surface area contributed by atoms with Crippen molar-refractivity contribution >= 4 is 11.6 Å². The lowest BCUT2D eigenvalue weighted by atomic mass is 9.92. The molecule has 3 rings (SSSR count). The van der Waals surface area contributed by atoms with Crippen LogP contribution in [-0.4, -0.2) is 55.0 Å². The summed E-state index contributed by atoms with van der Waals surface area (Å²) < 4.78 is 0. The van der Waals surface area contributed by atoms with E-state index in [1.54, 1.807) is 0 Å². The van der Waals surface area contributed by atoms with Crippen molar-refractivity contribution in [2.75, 3.05) is 44.6 Å². The summed E-state index contributed by atoms with van der Waals surface area (Å²) in [6.45, 7) is 13.2. The van der Waals surface area contributed by atoms with Crippen molar-refractivity contribution in [3.63, 3.8) is 0 Å². The van der Waals surface area contributed by atoms with Crippen LogP contribution in [0.5, 0.6) is 0 Å². The zero-order valence-corrected chi connectivity index (χ0v) is 18.2. The highest BCUT2D eigenvalue weighted by atomic mass is 16.1. The SMILES string of the molecule is CC(C)(C)CCN1CCN(CCC(=O)Nc2ccccc2-c2ccccc2)CC1. The van der Waals surface area contributed by atoms with Crippen molar-refractivity contribution in [2.24, 2.45) is 5.41 Å². The Hall–Kier alpha value is -2.17. The standard InChI is InChI=1S/C25H35N3O/c1-25(2,3)14-16-28-19-17-27(18-20-28)15-13-24(29)26-23-12-8-7-11-22(23)21-9-5-4-6-10-21/h4-12H,13-20H2,1-3H3,(H,26,29). The fourth-order valence-electron chi connectivity index (χ4n) is 3.66. The number of hydrogen-bond donors (Lipinski definition) is 1. The number of carbonyl (C=O) groups is 1. The number of anilines is 1. The predicted octanol–water partition coefficient (Wildman–Crippen LogP) is 4.74. The fourth-order valence-corrected chi connectivity index (χ4v) is 3.66. The Morgan fingerprint density at radius 1 is 0.862 bits per heavy atom. The van der Waals surface area contributed by atoms with E-state index in [1.807, 2.05) is 36.4 Å². The van der Waals surface area contributed by atoms with Gasteiger partial charge in [0.15, 0.2) is 0 Å². The van der Waals surface area contributed by atoms with E-state index in [-0.39, 0.29) is 5.91 Å². The number of hydrogen-bond acceptors (Lipinski definition) is 3. The van der Waals surface area contributed by atoms with Crippen molar-refractivity contribution in [3.05, 3.63) is 54.6 Å². The molecule has 0 spiro atoms. The molecule has 0 atom stereocenters. The number of rotatable bonds is 7. The molecule has 1 aliphatic rings. The van der Waals surface area contributed by atoms with Crippen LogP contribution in [0.4, 0.5) is 5.69 Å². The Balaban J connectivity index is 1.45. The monoisotopic (exact) mass is 393 g/mol. The Morgan fingerprint density at radius 3 is 2.10 bits per heavy atom. The number of nitrogens with one attached hydrogen (secondary N) is 1. The van der Waals surface area contributed by atoms with Crippen LogP contribution >= 0.6 is 0 Å². The predicted molar refractivity (Wildman–Crippen MR) is 122 cm³/mol. The molecular weight excluding hydrogens is 358 g/mol. The summed E-state index contributed by atoms with van der Waals surface area (Å²) in [6.07, 6.45) is 1.77. The van der Waals surface area contributed by atoms with Crippen LogP contribution in [0.2, 0.25) is 0 Å². The van der Waals surface area contributed by atoms with Crippen LogP contribution < -0.4 is 5.32 Å². The van der Waals surface area contributed by atoms with Gasteiger partial charge in [0.25, 0.3) is 0 Å². The number of para-hydroxylation sites is 1. The van der Waals surface area contributed by atoms with E-state index in [4.69, 9.17) is 0 Å². The molecular formula is C25H35N3O. The minimum absolute atomic E-state index is 0.0866. The quantitative estimate of drug-likeness (QED) is 0.738. The van der Waals surface area contributed by atoms with Crippen molar-refractivity contribution < 1.29 is 4.79 Å². The average Bonchev–Trinajstić information content (AvgIpc) is 2.72. The third kappa shape index (κ3) is 6.98. The Morgan fingerprint density at radius 2 is 1.45 bits per heavy atom. The van der Waals surface area contributed by atoms with E-state index in [1.165, 1.54) is 13.0 Å². The smallest absolute Gasteiger partial charge is 0.225 e. The molecule has 0 saturated carbocycles. The zero-order chi connectivity index (χ0) is 20.7. The van der Waals surface area contributed by atoms with Gasteiger partial charge in [-0.15, -0.1) is 0 Å². The fraction of sp³-hybridized carbons (Fsp3) is 0.480. The lowest BCUT2D eigenvalue weighted by molar-refractivity contribution is -0.116. The number of piperazine rings is 1. The molecule has 0 bridgehead atoms. The van der Waals surface area contributed by atoms with Crippen molar-refractivity contribution in [1.82, 2.24) is 9.80 Å². The van der Waals surface area contributed by atoms with Crippen LogP contribution in [0.25, 0.3) is 11.1 Å². The molecule has 156 valence electrons. The molecule has 1 N–H and O–H groups in total. The third-order valence-electron chi connectivity index (χ3n) is 5.58. The van der Waals surface area contributed by atoms with Gasteiger partial charge >= 0.3 is 0 Å². The second-order valence-electron chi connectivity index (χ2n) is 9.20. The minimum Gasteiger partial charge on any atom is -0.325 e. The first kappa shape index (κ1) is 21.5. The lowest BCUT2D eigenvalue weighted by Crippen LogP contribution is -2.47. The molecule has 29 heavy (non-hydrogen) atoms. The van der Waals surface area contributed by atoms with Crippen LogP contribution in [0, 0.1) is 5.41 Å². The molecule has 0 aromatic heterocycles. The summed E-state index contributed by atoms with van der Waals surface area (Å²) in [7, 11) is 0. The van der Waals surface area contributed by atoms with Crippen molar-refractivity contribution in [1.29, 1.82) is 0 Å². The van der Waals surface area contributed by atoms with Crippen LogP contribution in [-0.2, 0) is 4.79 Å². The Kier molecular flexibility index (Phi) is 7.45. The Labute approximate surface area is 175 Å². The van der Waals surface area contributed by atoms with Gasteiger partial charge in [-0.3, -0.25) is 4.79 Å². The normalized spacial score (nSPS) is 16.0. The summed E-state index contributed by atoms with van der Waals surface area (Å²) in [6, 6.07) is 18.2. The van der Waals surface area contributed by atoms with Gasteiger partial charge < -0.3 is 15.1 Å². The molecule has 1 heterocycles. The highest BCUT2D eigenvalue weighted by Gasteiger charge is 2.19. The third-order valence-corrected chi connectivity index (χ3v) is 5.58. The topological polar surface area (TPSA) is 35.6 Å². The van der Waals surface area contributed by atoms with Gasteiger partial charge in [-0.25, -0.2) is 0 Å². The second kappa shape index (κ2) is 10.0. The first-order valence-electron chi connectivity index (χ1n) is 10.8. The highest BCUT2D eigenvalue weighted by Crippen LogP contribution is 2.27. The van der Waals surface area contributed by atoms with Gasteiger partial charge in [-0.1, -0.05) is 69.3 Å². The van der Waals surface area contributed by atoms with Crippen LogP contribution in [0.1, 0.15) is 33.6 Å². The first-order chi connectivity index (χ1) is 13.9. The highest BCUT2D eigenvalue weighted by molar-refractivity contribution is 5.95. The van der Waals surface area contributed by atoms with Crippen LogP contribution in [0.15, 0.2) is 54.6 Å². The molecule has 2 aromatic carbocycles. The second-order valence-corrected chi connectivity index (χ2v) is 9.20. The average molecular weight is 394 g/mol. The van der Waals surface area contributed by atoms with Gasteiger partial charge in [0.05, 0.1) is 0 Å². The summed E-state index contributed by atoms with van der Waals surface area (Å²) in [5.41, 5.74) is 3.46. The largest absolute Gasteiger partial charge is 0.325 e. The number of benzene rings is 2. The van der Waals surface area contributed by atoms with Crippen molar-refractivity contribution in [2.45, 2.75) is 33.6 Å². The number of carbonyl (C=O) groups excluding carboxylic acids is 1. The maximum atomic E-state index is 12.6. The molecule has 0 aliphatic carbocycles. The minimum atomic E-state index is 0.0866. The van der Waals surface area contributed by atoms with Crippen LogP contribution in [0.3, 0.4) is 0 Å². The van der Waals surface area contributed by atoms with E-state index in [0.717, 1.165) is 49.5 Å². The van der Waals surface area contributed by atoms with Gasteiger partial charge in [-0.05, 0) is 30.0 Å². The molecule has 1 amide bonds. The van der Waals surface area contributed by atoms with E-state index >= 15 is 0 Å². The summed E-state index contributed by atoms with van der Waals surface area (Å²) >= 11 is 0. The molecule has 1 fully saturated rings. The molecule has 1 saturated heterocycles. The zero-order valence-electron chi connectivity index (χ0n) is 18.2. The number of nitrogens with zero attached hydrogens (tertiary/aromatic N) is 2. The number of amides is 1. The van der Waals surface area contributed by atoms with E-state index in [2.05, 4.69) is 54.1 Å². The molecule has 1 aliphatic heterocycles. The van der Waals surface area contributed by atoms with Gasteiger partial charge in [-0.2, -0.15) is 0 Å². The maximum Gasteiger partial charge on any atom is 0.225 e. The van der Waals surface area contributed by atoms with Gasteiger partial charge in [0, 0.05) is 50.4 Å². The van der Waals surface area contributed by atoms with E-state index < -0.39 is 0 Å². The van der Waals surface area contributed by atoms with Gasteiger partial charge in [0.1, 0.15) is 0 Å². The molecule has 0 radical (unpaired) electrons. The summed E-state index contributed by atoms with van der Waals surface area (Å²) in [4.78, 5) is 17.5. The molecule has 4 heteroatoms. The molecule has 2 aromatic rings. The van der Waals surface area contributed by atoms with E-state index in [9.17, 15) is 4.79 Å². The van der Waals surface area contributed by atoms with E-state index in [0.29, 0.717) is 11.8 Å². The molecule has 4 nitrogen and oxygen atoms in total. The van der Waals surface area contributed by atoms with Crippen molar-refractivity contribution in [3.8, 4) is 11.1 Å². The summed E-state index contributed by atoms with van der Waals surface area (Å²) in [5, 5.41) is 3.12. The molecule has 0 unspecified atom stereocenters. The first-order valence-corrected chi connectivity index (χ1v) is 10.8.